The minimum absolute atomic E-state index is 0.236. The van der Waals surface area contributed by atoms with Crippen LogP contribution in [0.15, 0.2) is 28.7 Å². The van der Waals surface area contributed by atoms with Gasteiger partial charge in [-0.1, -0.05) is 28.1 Å². The second-order valence-corrected chi connectivity index (χ2v) is 9.84. The van der Waals surface area contributed by atoms with Crippen LogP contribution in [0.1, 0.15) is 45.7 Å². The molecule has 2 fully saturated rings. The van der Waals surface area contributed by atoms with Gasteiger partial charge in [-0.2, -0.15) is 0 Å². The van der Waals surface area contributed by atoms with E-state index >= 15 is 0 Å². The van der Waals surface area contributed by atoms with Gasteiger partial charge in [0.2, 0.25) is 11.8 Å². The Morgan fingerprint density at radius 1 is 0.923 bits per heavy atom. The van der Waals surface area contributed by atoms with Crippen LogP contribution in [0.2, 0.25) is 0 Å². The molecule has 1 aromatic rings. The summed E-state index contributed by atoms with van der Waals surface area (Å²) >= 11 is 3.34. The maximum Gasteiger partial charge on any atom is 0.303 e. The molecular formula is C25H29BrN2O11. The molecule has 6 atom stereocenters. The fourth-order valence-corrected chi connectivity index (χ4v) is 4.55. The minimum atomic E-state index is -1.47. The van der Waals surface area contributed by atoms with Crippen LogP contribution in [0.25, 0.3) is 0 Å². The highest BCUT2D eigenvalue weighted by Crippen LogP contribution is 2.31. The third-order valence-corrected chi connectivity index (χ3v) is 6.44. The Hall–Kier alpha value is -3.52. The van der Waals surface area contributed by atoms with Gasteiger partial charge >= 0.3 is 23.9 Å². The number of carbonyl (C=O) groups is 6. The first-order chi connectivity index (χ1) is 18.4. The molecule has 13 nitrogen and oxygen atoms in total. The molecule has 1 unspecified atom stereocenters. The van der Waals surface area contributed by atoms with Crippen molar-refractivity contribution in [3.63, 3.8) is 0 Å². The van der Waals surface area contributed by atoms with Crippen molar-refractivity contribution in [2.45, 2.75) is 70.8 Å². The zero-order valence-electron chi connectivity index (χ0n) is 21.7. The molecule has 0 spiro atoms. The topological polar surface area (TPSA) is 164 Å². The SMILES string of the molecule is CC(=O)OC[C@H]1O[C@@H](NC(=O)C(c2ccc(Br)cc2)N2CCC2=O)[C@H](OC(C)=O)[C@@H](OC(C)=O)[C@@H]1OC(C)=O. The number of hydrogen-bond donors (Lipinski definition) is 1. The molecule has 212 valence electrons. The molecular weight excluding hydrogens is 584 g/mol. The lowest BCUT2D eigenvalue weighted by Crippen LogP contribution is -2.67. The lowest BCUT2D eigenvalue weighted by Gasteiger charge is -2.45. The van der Waals surface area contributed by atoms with Crippen LogP contribution in [0.3, 0.4) is 0 Å². The van der Waals surface area contributed by atoms with Crippen molar-refractivity contribution in [1.29, 1.82) is 0 Å². The van der Waals surface area contributed by atoms with Gasteiger partial charge in [0.05, 0.1) is 0 Å². The lowest BCUT2D eigenvalue weighted by molar-refractivity contribution is -0.257. The predicted molar refractivity (Wildman–Crippen MR) is 133 cm³/mol. The monoisotopic (exact) mass is 612 g/mol. The number of amides is 2. The first-order valence-electron chi connectivity index (χ1n) is 12.0. The fourth-order valence-electron chi connectivity index (χ4n) is 4.29. The number of halogens is 1. The summed E-state index contributed by atoms with van der Waals surface area (Å²) in [5.74, 6) is -3.96. The van der Waals surface area contributed by atoms with E-state index in [9.17, 15) is 28.8 Å². The Balaban J connectivity index is 1.99. The average Bonchev–Trinajstić information content (AvgIpc) is 2.83. The minimum Gasteiger partial charge on any atom is -0.463 e. The van der Waals surface area contributed by atoms with Gasteiger partial charge < -0.3 is 33.9 Å². The van der Waals surface area contributed by atoms with E-state index in [1.807, 2.05) is 0 Å². The number of esters is 4. The largest absolute Gasteiger partial charge is 0.463 e. The molecule has 3 rings (SSSR count). The molecule has 2 aliphatic heterocycles. The summed E-state index contributed by atoms with van der Waals surface area (Å²) < 4.78 is 27.9. The zero-order chi connectivity index (χ0) is 28.9. The molecule has 1 N–H and O–H groups in total. The number of hydrogen-bond acceptors (Lipinski definition) is 11. The number of likely N-dealkylation sites (tertiary alicyclic amines) is 1. The number of benzene rings is 1. The first kappa shape index (κ1) is 30.0. The maximum atomic E-state index is 13.7. The number of carbonyl (C=O) groups excluding carboxylic acids is 6. The van der Waals surface area contributed by atoms with Crippen molar-refractivity contribution in [1.82, 2.24) is 10.2 Å². The molecule has 1 aromatic carbocycles. The van der Waals surface area contributed by atoms with E-state index in [-0.39, 0.29) is 12.3 Å². The highest BCUT2D eigenvalue weighted by molar-refractivity contribution is 9.10. The molecule has 0 radical (unpaired) electrons. The quantitative estimate of drug-likeness (QED) is 0.239. The van der Waals surface area contributed by atoms with Crippen LogP contribution in [0.4, 0.5) is 0 Å². The van der Waals surface area contributed by atoms with Crippen LogP contribution in [0, 0.1) is 0 Å². The van der Waals surface area contributed by atoms with E-state index in [2.05, 4.69) is 21.2 Å². The van der Waals surface area contributed by atoms with Crippen LogP contribution in [0.5, 0.6) is 0 Å². The number of nitrogens with one attached hydrogen (secondary N) is 1. The zero-order valence-corrected chi connectivity index (χ0v) is 23.3. The Bertz CT molecular complexity index is 1130. The van der Waals surface area contributed by atoms with Gasteiger partial charge in [0, 0.05) is 45.1 Å². The van der Waals surface area contributed by atoms with E-state index in [1.54, 1.807) is 24.3 Å². The molecule has 0 aliphatic carbocycles. The second-order valence-electron chi connectivity index (χ2n) is 8.92. The Kier molecular flexibility index (Phi) is 10.0. The second kappa shape index (κ2) is 13.0. The number of β-lactam (4-membered cyclic amide) rings is 1. The Morgan fingerprint density at radius 2 is 1.49 bits per heavy atom. The van der Waals surface area contributed by atoms with Crippen molar-refractivity contribution in [3.05, 3.63) is 34.3 Å². The fraction of sp³-hybridized carbons (Fsp3) is 0.520. The van der Waals surface area contributed by atoms with E-state index in [0.29, 0.717) is 12.1 Å². The molecule has 0 aromatic heterocycles. The van der Waals surface area contributed by atoms with Crippen molar-refractivity contribution in [2.24, 2.45) is 0 Å². The summed E-state index contributed by atoms with van der Waals surface area (Å²) in [5.41, 5.74) is 0.509. The molecule has 0 bridgehead atoms. The average molecular weight is 613 g/mol. The van der Waals surface area contributed by atoms with Crippen LogP contribution in [-0.4, -0.2) is 84.4 Å². The van der Waals surface area contributed by atoms with E-state index in [1.165, 1.54) is 4.90 Å². The number of nitrogens with zero attached hydrogens (tertiary/aromatic N) is 1. The van der Waals surface area contributed by atoms with Gasteiger partial charge in [0.1, 0.15) is 18.8 Å². The summed E-state index contributed by atoms with van der Waals surface area (Å²) in [6, 6.07) is 5.73. The van der Waals surface area contributed by atoms with E-state index in [4.69, 9.17) is 23.7 Å². The summed E-state index contributed by atoms with van der Waals surface area (Å²) in [7, 11) is 0. The third-order valence-electron chi connectivity index (χ3n) is 5.91. The molecule has 2 saturated heterocycles. The Labute approximate surface area is 232 Å². The summed E-state index contributed by atoms with van der Waals surface area (Å²) in [5, 5.41) is 2.64. The first-order valence-corrected chi connectivity index (χ1v) is 12.8. The summed E-state index contributed by atoms with van der Waals surface area (Å²) in [6.45, 7) is 4.35. The molecule has 39 heavy (non-hydrogen) atoms. The van der Waals surface area contributed by atoms with E-state index in [0.717, 1.165) is 32.2 Å². The molecule has 2 amide bonds. The van der Waals surface area contributed by atoms with Crippen LogP contribution >= 0.6 is 15.9 Å². The van der Waals surface area contributed by atoms with Gasteiger partial charge in [-0.25, -0.2) is 0 Å². The van der Waals surface area contributed by atoms with Gasteiger partial charge in [-0.05, 0) is 17.7 Å². The molecule has 14 heteroatoms. The summed E-state index contributed by atoms with van der Waals surface area (Å²) in [4.78, 5) is 74.8. The highest BCUT2D eigenvalue weighted by Gasteiger charge is 2.53. The number of ether oxygens (including phenoxy) is 5. The van der Waals surface area contributed by atoms with Crippen LogP contribution in [-0.2, 0) is 52.5 Å². The van der Waals surface area contributed by atoms with E-state index < -0.39 is 73.1 Å². The normalized spacial score (nSPS) is 25.0. The van der Waals surface area contributed by atoms with Crippen molar-refractivity contribution in [2.75, 3.05) is 13.2 Å². The number of rotatable bonds is 9. The molecule has 2 heterocycles. The molecule has 2 aliphatic rings. The van der Waals surface area contributed by atoms with Gasteiger partial charge in [-0.3, -0.25) is 28.8 Å². The molecule has 0 saturated carbocycles. The van der Waals surface area contributed by atoms with Crippen molar-refractivity contribution in [3.8, 4) is 0 Å². The van der Waals surface area contributed by atoms with Gasteiger partial charge in [0.15, 0.2) is 24.5 Å². The van der Waals surface area contributed by atoms with Gasteiger partial charge in [-0.15, -0.1) is 0 Å². The highest BCUT2D eigenvalue weighted by atomic mass is 79.9. The standard InChI is InChI=1S/C25H29BrN2O11/c1-12(29)35-11-18-21(36-13(2)30)22(37-14(3)31)23(38-15(4)32)25(39-18)27-24(34)20(28-10-9-19(28)33)16-5-7-17(26)8-6-16/h5-8,18,20-23,25H,9-11H2,1-4H3,(H,27,34)/t18-,20?,21-,22+,23-,25-/m1/s1. The maximum absolute atomic E-state index is 13.7. The third kappa shape index (κ3) is 7.76. The lowest BCUT2D eigenvalue weighted by atomic mass is 9.96. The van der Waals surface area contributed by atoms with Crippen LogP contribution < -0.4 is 5.32 Å². The van der Waals surface area contributed by atoms with Crippen molar-refractivity contribution < 1.29 is 52.5 Å². The predicted octanol–water partition coefficient (Wildman–Crippen LogP) is 0.922. The van der Waals surface area contributed by atoms with Gasteiger partial charge in [0.25, 0.3) is 0 Å². The Morgan fingerprint density at radius 3 is 1.97 bits per heavy atom. The van der Waals surface area contributed by atoms with Crippen molar-refractivity contribution >= 4 is 51.6 Å². The summed E-state index contributed by atoms with van der Waals surface area (Å²) in [6.07, 6.45) is -6.66. The smallest absolute Gasteiger partial charge is 0.303 e.